The summed E-state index contributed by atoms with van der Waals surface area (Å²) in [4.78, 5) is 0. The van der Waals surface area contributed by atoms with Gasteiger partial charge in [0.25, 0.3) is 0 Å². The van der Waals surface area contributed by atoms with Crippen LogP contribution in [0.3, 0.4) is 0 Å². The van der Waals surface area contributed by atoms with Crippen molar-refractivity contribution in [1.82, 2.24) is 5.32 Å². The highest BCUT2D eigenvalue weighted by atomic mass is 127. The standard InChI is InChI=1S/C15H13F3IN/c16-15(17,18)13-7-3-1-5-11(13)9-20-10-12-6-2-4-8-14(12)19/h1-8,20H,9-10H2. The first-order valence-corrected chi connectivity index (χ1v) is 7.15. The van der Waals surface area contributed by atoms with Crippen LogP contribution >= 0.6 is 22.6 Å². The average Bonchev–Trinajstić information content (AvgIpc) is 2.40. The smallest absolute Gasteiger partial charge is 0.309 e. The van der Waals surface area contributed by atoms with Crippen LogP contribution in [0.15, 0.2) is 48.5 Å². The second kappa shape index (κ2) is 6.58. The van der Waals surface area contributed by atoms with Gasteiger partial charge in [-0.3, -0.25) is 0 Å². The van der Waals surface area contributed by atoms with Crippen molar-refractivity contribution >= 4 is 22.6 Å². The maximum absolute atomic E-state index is 12.8. The number of nitrogens with one attached hydrogen (secondary N) is 1. The Hall–Kier alpha value is -1.08. The molecule has 0 aliphatic heterocycles. The van der Waals surface area contributed by atoms with Crippen LogP contribution in [0, 0.1) is 3.57 Å². The molecule has 2 aromatic rings. The van der Waals surface area contributed by atoms with Crippen LogP contribution in [0.5, 0.6) is 0 Å². The lowest BCUT2D eigenvalue weighted by Gasteiger charge is -2.13. The first kappa shape index (κ1) is 15.3. The van der Waals surface area contributed by atoms with Gasteiger partial charge >= 0.3 is 6.18 Å². The van der Waals surface area contributed by atoms with Crippen LogP contribution in [0.4, 0.5) is 13.2 Å². The predicted molar refractivity (Wildman–Crippen MR) is 81.1 cm³/mol. The van der Waals surface area contributed by atoms with E-state index in [2.05, 4.69) is 27.9 Å². The van der Waals surface area contributed by atoms with E-state index >= 15 is 0 Å². The summed E-state index contributed by atoms with van der Waals surface area (Å²) in [5.74, 6) is 0. The van der Waals surface area contributed by atoms with Gasteiger partial charge in [-0.05, 0) is 45.9 Å². The van der Waals surface area contributed by atoms with Gasteiger partial charge in [-0.2, -0.15) is 13.2 Å². The number of hydrogen-bond acceptors (Lipinski definition) is 1. The van der Waals surface area contributed by atoms with E-state index in [0.29, 0.717) is 6.54 Å². The molecule has 0 radical (unpaired) electrons. The molecule has 0 saturated carbocycles. The molecule has 0 spiro atoms. The molecule has 1 nitrogen and oxygen atoms in total. The Morgan fingerprint density at radius 3 is 2.05 bits per heavy atom. The Balaban J connectivity index is 2.04. The van der Waals surface area contributed by atoms with Gasteiger partial charge in [-0.15, -0.1) is 0 Å². The minimum Gasteiger partial charge on any atom is -0.309 e. The molecule has 0 amide bonds. The van der Waals surface area contributed by atoms with Crippen LogP contribution in [-0.2, 0) is 19.3 Å². The summed E-state index contributed by atoms with van der Waals surface area (Å²) in [7, 11) is 0. The highest BCUT2D eigenvalue weighted by Crippen LogP contribution is 2.31. The lowest BCUT2D eigenvalue weighted by atomic mass is 10.1. The zero-order valence-corrected chi connectivity index (χ0v) is 12.7. The Morgan fingerprint density at radius 1 is 0.850 bits per heavy atom. The van der Waals surface area contributed by atoms with E-state index in [0.717, 1.165) is 15.2 Å². The Labute approximate surface area is 129 Å². The van der Waals surface area contributed by atoms with Crippen molar-refractivity contribution < 1.29 is 13.2 Å². The van der Waals surface area contributed by atoms with Crippen molar-refractivity contribution in [3.8, 4) is 0 Å². The maximum atomic E-state index is 12.8. The molecule has 0 aliphatic carbocycles. The van der Waals surface area contributed by atoms with Crippen molar-refractivity contribution in [3.63, 3.8) is 0 Å². The van der Waals surface area contributed by atoms with Gasteiger partial charge in [0, 0.05) is 16.7 Å². The molecule has 2 aromatic carbocycles. The highest BCUT2D eigenvalue weighted by molar-refractivity contribution is 14.1. The van der Waals surface area contributed by atoms with Gasteiger partial charge in [0.2, 0.25) is 0 Å². The Morgan fingerprint density at radius 2 is 1.40 bits per heavy atom. The van der Waals surface area contributed by atoms with Gasteiger partial charge in [-0.25, -0.2) is 0 Å². The lowest BCUT2D eigenvalue weighted by molar-refractivity contribution is -0.138. The molecule has 5 heteroatoms. The van der Waals surface area contributed by atoms with Crippen molar-refractivity contribution in [1.29, 1.82) is 0 Å². The number of benzene rings is 2. The molecule has 0 heterocycles. The van der Waals surface area contributed by atoms with Crippen LogP contribution in [0.25, 0.3) is 0 Å². The third-order valence-electron chi connectivity index (χ3n) is 2.91. The van der Waals surface area contributed by atoms with E-state index in [-0.39, 0.29) is 12.1 Å². The van der Waals surface area contributed by atoms with E-state index in [1.54, 1.807) is 6.07 Å². The van der Waals surface area contributed by atoms with Crippen LogP contribution in [-0.4, -0.2) is 0 Å². The quantitative estimate of drug-likeness (QED) is 0.752. The molecule has 1 N–H and O–H groups in total. The molecular weight excluding hydrogens is 378 g/mol. The predicted octanol–water partition coefficient (Wildman–Crippen LogP) is 4.60. The summed E-state index contributed by atoms with van der Waals surface area (Å²) >= 11 is 2.21. The number of hydrogen-bond donors (Lipinski definition) is 1. The molecule has 0 atom stereocenters. The first-order valence-electron chi connectivity index (χ1n) is 6.07. The number of halogens is 4. The number of rotatable bonds is 4. The average molecular weight is 391 g/mol. The fraction of sp³-hybridized carbons (Fsp3) is 0.200. The molecular formula is C15H13F3IN. The summed E-state index contributed by atoms with van der Waals surface area (Å²) in [5.41, 5.74) is 0.777. The van der Waals surface area contributed by atoms with Crippen molar-refractivity contribution in [2.24, 2.45) is 0 Å². The van der Waals surface area contributed by atoms with E-state index in [1.165, 1.54) is 12.1 Å². The van der Waals surface area contributed by atoms with E-state index in [1.807, 2.05) is 24.3 Å². The topological polar surface area (TPSA) is 12.0 Å². The molecule has 20 heavy (non-hydrogen) atoms. The minimum absolute atomic E-state index is 0.195. The summed E-state index contributed by atoms with van der Waals surface area (Å²) in [5, 5.41) is 3.07. The van der Waals surface area contributed by atoms with Gasteiger partial charge in [0.1, 0.15) is 0 Å². The molecule has 0 saturated heterocycles. The SMILES string of the molecule is FC(F)(F)c1ccccc1CNCc1ccccc1I. The summed E-state index contributed by atoms with van der Waals surface area (Å²) in [6.07, 6.45) is -4.31. The zero-order chi connectivity index (χ0) is 14.6. The third kappa shape index (κ3) is 3.96. The molecule has 0 aliphatic rings. The van der Waals surface area contributed by atoms with Gasteiger partial charge < -0.3 is 5.32 Å². The zero-order valence-electron chi connectivity index (χ0n) is 10.5. The summed E-state index contributed by atoms with van der Waals surface area (Å²) < 4.78 is 39.6. The van der Waals surface area contributed by atoms with E-state index < -0.39 is 11.7 Å². The fourth-order valence-corrected chi connectivity index (χ4v) is 2.50. The first-order chi connectivity index (χ1) is 9.48. The van der Waals surface area contributed by atoms with Crippen molar-refractivity contribution in [2.45, 2.75) is 19.3 Å². The highest BCUT2D eigenvalue weighted by Gasteiger charge is 2.32. The van der Waals surface area contributed by atoms with Gasteiger partial charge in [0.05, 0.1) is 5.56 Å². The van der Waals surface area contributed by atoms with Crippen LogP contribution < -0.4 is 5.32 Å². The van der Waals surface area contributed by atoms with Gasteiger partial charge in [-0.1, -0.05) is 36.4 Å². The normalized spacial score (nSPS) is 11.6. The fourth-order valence-electron chi connectivity index (χ4n) is 1.92. The summed E-state index contributed by atoms with van der Waals surface area (Å²) in [6.45, 7) is 0.742. The van der Waals surface area contributed by atoms with E-state index in [4.69, 9.17) is 0 Å². The molecule has 0 fully saturated rings. The number of alkyl halides is 3. The van der Waals surface area contributed by atoms with Crippen LogP contribution in [0.1, 0.15) is 16.7 Å². The largest absolute Gasteiger partial charge is 0.416 e. The molecule has 0 unspecified atom stereocenters. The summed E-state index contributed by atoms with van der Waals surface area (Å²) in [6, 6.07) is 13.4. The second-order valence-corrected chi connectivity index (χ2v) is 5.51. The second-order valence-electron chi connectivity index (χ2n) is 4.35. The molecule has 0 aromatic heterocycles. The van der Waals surface area contributed by atoms with Crippen LogP contribution in [0.2, 0.25) is 0 Å². The lowest BCUT2D eigenvalue weighted by Crippen LogP contribution is -2.17. The van der Waals surface area contributed by atoms with E-state index in [9.17, 15) is 13.2 Å². The monoisotopic (exact) mass is 391 g/mol. The molecule has 2 rings (SSSR count). The minimum atomic E-state index is -4.31. The molecule has 106 valence electrons. The van der Waals surface area contributed by atoms with Gasteiger partial charge in [0.15, 0.2) is 0 Å². The van der Waals surface area contributed by atoms with Crippen molar-refractivity contribution in [3.05, 3.63) is 68.8 Å². The maximum Gasteiger partial charge on any atom is 0.416 e. The third-order valence-corrected chi connectivity index (χ3v) is 3.96. The Kier molecular flexibility index (Phi) is 5.04. The Bertz CT molecular complexity index is 581. The molecule has 0 bridgehead atoms. The van der Waals surface area contributed by atoms with Crippen molar-refractivity contribution in [2.75, 3.05) is 0 Å².